The van der Waals surface area contributed by atoms with Crippen LogP contribution < -0.4 is 10.6 Å². The van der Waals surface area contributed by atoms with Crippen molar-refractivity contribution >= 4 is 43.8 Å². The molecule has 1 aliphatic rings. The van der Waals surface area contributed by atoms with E-state index in [1.807, 2.05) is 12.1 Å². The van der Waals surface area contributed by atoms with E-state index < -0.39 is 0 Å². The monoisotopic (exact) mass is 396 g/mol. The minimum absolute atomic E-state index is 0.109. The SMILES string of the molecule is CC1(C)Cc2c(sc(NC(=O)c3ccc4ncsc4c3)c2C#N)C(C)(C)N1. The van der Waals surface area contributed by atoms with Gasteiger partial charge in [0.15, 0.2) is 0 Å². The van der Waals surface area contributed by atoms with Crippen LogP contribution in [0.1, 0.15) is 54.1 Å². The van der Waals surface area contributed by atoms with Crippen LogP contribution in [0.3, 0.4) is 0 Å². The predicted octanol–water partition coefficient (Wildman–Crippen LogP) is 4.64. The van der Waals surface area contributed by atoms with Gasteiger partial charge in [0.1, 0.15) is 11.1 Å². The lowest BCUT2D eigenvalue weighted by molar-refractivity contribution is 0.102. The third-order valence-electron chi connectivity index (χ3n) is 4.78. The van der Waals surface area contributed by atoms with E-state index in [1.165, 1.54) is 22.7 Å². The van der Waals surface area contributed by atoms with Gasteiger partial charge in [-0.05, 0) is 57.9 Å². The Bertz CT molecular complexity index is 1100. The summed E-state index contributed by atoms with van der Waals surface area (Å²) in [6.45, 7) is 8.51. The van der Waals surface area contributed by atoms with Crippen LogP contribution in [0, 0.1) is 11.3 Å². The molecule has 0 saturated carbocycles. The zero-order valence-corrected chi connectivity index (χ0v) is 17.3. The van der Waals surface area contributed by atoms with Crippen molar-refractivity contribution in [3.63, 3.8) is 0 Å². The Morgan fingerprint density at radius 1 is 1.33 bits per heavy atom. The number of nitriles is 1. The Hall–Kier alpha value is -2.27. The average Bonchev–Trinajstić information content (AvgIpc) is 3.16. The minimum atomic E-state index is -0.252. The number of hydrogen-bond donors (Lipinski definition) is 2. The predicted molar refractivity (Wildman–Crippen MR) is 111 cm³/mol. The van der Waals surface area contributed by atoms with Gasteiger partial charge in [-0.3, -0.25) is 4.79 Å². The molecule has 0 aliphatic carbocycles. The van der Waals surface area contributed by atoms with Gasteiger partial charge in [-0.1, -0.05) is 0 Å². The van der Waals surface area contributed by atoms with Gasteiger partial charge in [0, 0.05) is 21.5 Å². The largest absolute Gasteiger partial charge is 0.312 e. The highest BCUT2D eigenvalue weighted by atomic mass is 32.1. The van der Waals surface area contributed by atoms with E-state index >= 15 is 0 Å². The van der Waals surface area contributed by atoms with Crippen LogP contribution >= 0.6 is 22.7 Å². The van der Waals surface area contributed by atoms with E-state index in [9.17, 15) is 10.1 Å². The van der Waals surface area contributed by atoms with Crippen molar-refractivity contribution in [1.82, 2.24) is 10.3 Å². The number of rotatable bonds is 2. The number of amides is 1. The second kappa shape index (κ2) is 6.13. The molecule has 5 nitrogen and oxygen atoms in total. The second-order valence-corrected chi connectivity index (χ2v) is 9.93. The van der Waals surface area contributed by atoms with Gasteiger partial charge in [-0.2, -0.15) is 5.26 Å². The average molecular weight is 397 g/mol. The van der Waals surface area contributed by atoms with E-state index in [-0.39, 0.29) is 17.0 Å². The van der Waals surface area contributed by atoms with Crippen molar-refractivity contribution in [3.8, 4) is 6.07 Å². The molecule has 3 heterocycles. The molecule has 0 saturated heterocycles. The molecule has 1 aromatic carbocycles. The van der Waals surface area contributed by atoms with Gasteiger partial charge in [0.05, 0.1) is 21.3 Å². The molecular formula is C20H20N4OS2. The van der Waals surface area contributed by atoms with Crippen LogP contribution in [0.2, 0.25) is 0 Å². The molecule has 0 spiro atoms. The van der Waals surface area contributed by atoms with Crippen LogP contribution in [-0.2, 0) is 12.0 Å². The molecule has 0 atom stereocenters. The Kier molecular flexibility index (Phi) is 4.11. The molecule has 27 heavy (non-hydrogen) atoms. The number of benzene rings is 1. The van der Waals surface area contributed by atoms with Crippen molar-refractivity contribution < 1.29 is 4.79 Å². The lowest BCUT2D eigenvalue weighted by Crippen LogP contribution is -2.54. The van der Waals surface area contributed by atoms with Crippen molar-refractivity contribution in [1.29, 1.82) is 5.26 Å². The van der Waals surface area contributed by atoms with E-state index in [1.54, 1.807) is 11.6 Å². The Morgan fingerprint density at radius 3 is 2.85 bits per heavy atom. The smallest absolute Gasteiger partial charge is 0.256 e. The number of anilines is 1. The Balaban J connectivity index is 1.71. The molecule has 2 N–H and O–H groups in total. The molecular weight excluding hydrogens is 376 g/mol. The summed E-state index contributed by atoms with van der Waals surface area (Å²) in [6, 6.07) is 7.78. The summed E-state index contributed by atoms with van der Waals surface area (Å²) in [5.74, 6) is -0.203. The van der Waals surface area contributed by atoms with Gasteiger partial charge in [-0.15, -0.1) is 22.7 Å². The van der Waals surface area contributed by atoms with Crippen LogP contribution in [0.25, 0.3) is 10.2 Å². The molecule has 0 radical (unpaired) electrons. The summed E-state index contributed by atoms with van der Waals surface area (Å²) in [5.41, 5.74) is 4.49. The summed E-state index contributed by atoms with van der Waals surface area (Å²) >= 11 is 3.00. The number of aromatic nitrogens is 1. The molecule has 3 aromatic rings. The van der Waals surface area contributed by atoms with Crippen LogP contribution in [0.15, 0.2) is 23.7 Å². The summed E-state index contributed by atoms with van der Waals surface area (Å²) in [6.07, 6.45) is 0.758. The maximum Gasteiger partial charge on any atom is 0.256 e. The first-order valence-electron chi connectivity index (χ1n) is 8.70. The van der Waals surface area contributed by atoms with Crippen LogP contribution in [-0.4, -0.2) is 16.4 Å². The molecule has 2 aromatic heterocycles. The summed E-state index contributed by atoms with van der Waals surface area (Å²) in [7, 11) is 0. The van der Waals surface area contributed by atoms with Crippen LogP contribution in [0.5, 0.6) is 0 Å². The van der Waals surface area contributed by atoms with Gasteiger partial charge < -0.3 is 10.6 Å². The summed E-state index contributed by atoms with van der Waals surface area (Å²) in [5, 5.41) is 17.0. The fourth-order valence-electron chi connectivity index (χ4n) is 3.91. The number of nitrogens with one attached hydrogen (secondary N) is 2. The molecule has 0 bridgehead atoms. The first-order chi connectivity index (χ1) is 12.7. The molecule has 0 unspecified atom stereocenters. The molecule has 138 valence electrons. The maximum absolute atomic E-state index is 12.8. The fourth-order valence-corrected chi connectivity index (χ4v) is 5.84. The first kappa shape index (κ1) is 18.1. The van der Waals surface area contributed by atoms with Crippen molar-refractivity contribution in [2.24, 2.45) is 0 Å². The van der Waals surface area contributed by atoms with Crippen molar-refractivity contribution in [2.45, 2.75) is 45.2 Å². The van der Waals surface area contributed by atoms with Crippen molar-refractivity contribution in [3.05, 3.63) is 45.3 Å². The van der Waals surface area contributed by atoms with Crippen LogP contribution in [0.4, 0.5) is 5.00 Å². The number of carbonyl (C=O) groups excluding carboxylic acids is 1. The van der Waals surface area contributed by atoms with Gasteiger partial charge in [0.2, 0.25) is 0 Å². The fraction of sp³-hybridized carbons (Fsp3) is 0.350. The number of fused-ring (bicyclic) bond motifs is 2. The van der Waals surface area contributed by atoms with Gasteiger partial charge in [-0.25, -0.2) is 4.98 Å². The highest BCUT2D eigenvalue weighted by Crippen LogP contribution is 2.44. The number of nitrogens with zero attached hydrogens (tertiary/aromatic N) is 2. The summed E-state index contributed by atoms with van der Waals surface area (Å²) in [4.78, 5) is 18.2. The summed E-state index contributed by atoms with van der Waals surface area (Å²) < 4.78 is 0.973. The van der Waals surface area contributed by atoms with E-state index in [2.05, 4.69) is 49.4 Å². The molecule has 7 heteroatoms. The lowest BCUT2D eigenvalue weighted by Gasteiger charge is -2.42. The van der Waals surface area contributed by atoms with E-state index in [4.69, 9.17) is 0 Å². The Morgan fingerprint density at radius 2 is 2.11 bits per heavy atom. The second-order valence-electron chi connectivity index (χ2n) is 8.03. The molecule has 4 rings (SSSR count). The zero-order valence-electron chi connectivity index (χ0n) is 15.6. The maximum atomic E-state index is 12.8. The number of carbonyl (C=O) groups is 1. The standard InChI is InChI=1S/C20H20N4OS2/c1-19(2)8-12-13(9-21)18(27-16(12)20(3,4)24-19)23-17(25)11-5-6-14-15(7-11)26-10-22-14/h5-7,10,24H,8H2,1-4H3,(H,23,25). The first-order valence-corrected chi connectivity index (χ1v) is 10.4. The highest BCUT2D eigenvalue weighted by Gasteiger charge is 2.40. The quantitative estimate of drug-likeness (QED) is 0.661. The zero-order chi connectivity index (χ0) is 19.4. The van der Waals surface area contributed by atoms with E-state index in [0.717, 1.165) is 27.1 Å². The Labute approximate surface area is 166 Å². The van der Waals surface area contributed by atoms with E-state index in [0.29, 0.717) is 16.1 Å². The third-order valence-corrected chi connectivity index (χ3v) is 7.04. The molecule has 1 aliphatic heterocycles. The lowest BCUT2D eigenvalue weighted by atomic mass is 9.81. The third kappa shape index (κ3) is 3.14. The number of thiophene rings is 1. The highest BCUT2D eigenvalue weighted by molar-refractivity contribution is 7.17. The normalized spacial score (nSPS) is 17.3. The molecule has 0 fully saturated rings. The van der Waals surface area contributed by atoms with Gasteiger partial charge >= 0.3 is 0 Å². The molecule has 1 amide bonds. The topological polar surface area (TPSA) is 77.8 Å². The number of hydrogen-bond acceptors (Lipinski definition) is 6. The van der Waals surface area contributed by atoms with Crippen molar-refractivity contribution in [2.75, 3.05) is 5.32 Å². The van der Waals surface area contributed by atoms with Gasteiger partial charge in [0.25, 0.3) is 5.91 Å². The minimum Gasteiger partial charge on any atom is -0.312 e. The number of thiazole rings is 1.